The van der Waals surface area contributed by atoms with E-state index in [9.17, 15) is 4.79 Å². The van der Waals surface area contributed by atoms with E-state index in [2.05, 4.69) is 9.88 Å². The average Bonchev–Trinajstić information content (AvgIpc) is 2.53. The van der Waals surface area contributed by atoms with Gasteiger partial charge < -0.3 is 9.88 Å². The number of nitrogens with one attached hydrogen (secondary N) is 1. The van der Waals surface area contributed by atoms with Gasteiger partial charge in [-0.2, -0.15) is 0 Å². The molecule has 0 aromatic carbocycles. The Labute approximate surface area is 65.0 Å². The van der Waals surface area contributed by atoms with Crippen molar-refractivity contribution in [2.24, 2.45) is 0 Å². The third kappa shape index (κ3) is 0.926. The number of aromatic nitrogens is 1. The van der Waals surface area contributed by atoms with Gasteiger partial charge in [-0.05, 0) is 18.9 Å². The molecule has 3 heteroatoms. The van der Waals surface area contributed by atoms with E-state index in [0.717, 1.165) is 25.1 Å². The van der Waals surface area contributed by atoms with Crippen LogP contribution in [0.1, 0.15) is 12.1 Å². The first-order valence-electron chi connectivity index (χ1n) is 3.80. The summed E-state index contributed by atoms with van der Waals surface area (Å²) in [5, 5.41) is 2.69. The summed E-state index contributed by atoms with van der Waals surface area (Å²) in [6.45, 7) is 1.09. The number of nitrogens with zero attached hydrogens (tertiary/aromatic N) is 1. The zero-order chi connectivity index (χ0) is 7.68. The van der Waals surface area contributed by atoms with Gasteiger partial charge in [-0.1, -0.05) is 0 Å². The Morgan fingerprint density at radius 3 is 3.36 bits per heavy atom. The molecular formula is C8H10N2O. The first-order chi connectivity index (χ1) is 5.42. The summed E-state index contributed by atoms with van der Waals surface area (Å²) in [6, 6.07) is 1.95. The Morgan fingerprint density at radius 1 is 1.64 bits per heavy atom. The number of carbonyl (C=O) groups excluding carboxylic acids is 1. The highest BCUT2D eigenvalue weighted by Crippen LogP contribution is 2.23. The van der Waals surface area contributed by atoms with Gasteiger partial charge in [-0.25, -0.2) is 0 Å². The molecule has 11 heavy (non-hydrogen) atoms. The third-order valence-corrected chi connectivity index (χ3v) is 2.11. The molecule has 3 nitrogen and oxygen atoms in total. The lowest BCUT2D eigenvalue weighted by Crippen LogP contribution is -1.96. The van der Waals surface area contributed by atoms with Crippen molar-refractivity contribution >= 4 is 12.1 Å². The summed E-state index contributed by atoms with van der Waals surface area (Å²) in [4.78, 5) is 10.2. The smallest absolute Gasteiger partial charge is 0.211 e. The summed E-state index contributed by atoms with van der Waals surface area (Å²) < 4.78 is 2.19. The molecule has 0 bridgehead atoms. The molecule has 1 aliphatic heterocycles. The summed E-state index contributed by atoms with van der Waals surface area (Å²) in [5.41, 5.74) is 2.23. The molecule has 1 amide bonds. The highest BCUT2D eigenvalue weighted by atomic mass is 16.1. The zero-order valence-electron chi connectivity index (χ0n) is 6.21. The van der Waals surface area contributed by atoms with Gasteiger partial charge in [0.25, 0.3) is 0 Å². The molecule has 0 saturated carbocycles. The fourth-order valence-corrected chi connectivity index (χ4v) is 1.60. The van der Waals surface area contributed by atoms with E-state index in [1.807, 2.05) is 12.3 Å². The first-order valence-corrected chi connectivity index (χ1v) is 3.80. The van der Waals surface area contributed by atoms with Gasteiger partial charge in [0, 0.05) is 18.4 Å². The van der Waals surface area contributed by atoms with Crippen LogP contribution in [0.5, 0.6) is 0 Å². The molecule has 0 unspecified atom stereocenters. The number of carbonyl (C=O) groups is 1. The number of anilines is 1. The lowest BCUT2D eigenvalue weighted by molar-refractivity contribution is -0.105. The molecule has 0 fully saturated rings. The SMILES string of the molecule is O=CNc1ccn2c1CCC2. The fraction of sp³-hybridized carbons (Fsp3) is 0.375. The molecule has 1 aromatic rings. The van der Waals surface area contributed by atoms with Gasteiger partial charge >= 0.3 is 0 Å². The van der Waals surface area contributed by atoms with Crippen molar-refractivity contribution in [1.82, 2.24) is 4.57 Å². The quantitative estimate of drug-likeness (QED) is 0.627. The molecule has 0 radical (unpaired) electrons. The molecule has 0 saturated heterocycles. The van der Waals surface area contributed by atoms with E-state index in [4.69, 9.17) is 0 Å². The maximum absolute atomic E-state index is 10.2. The minimum atomic E-state index is 0.731. The second kappa shape index (κ2) is 2.42. The van der Waals surface area contributed by atoms with E-state index in [0.29, 0.717) is 0 Å². The second-order valence-electron chi connectivity index (χ2n) is 2.74. The maximum atomic E-state index is 10.2. The minimum absolute atomic E-state index is 0.731. The molecule has 2 heterocycles. The largest absolute Gasteiger partial charge is 0.350 e. The Bertz CT molecular complexity index is 278. The van der Waals surface area contributed by atoms with Gasteiger partial charge in [0.05, 0.1) is 5.69 Å². The van der Waals surface area contributed by atoms with Crippen molar-refractivity contribution in [2.75, 3.05) is 5.32 Å². The van der Waals surface area contributed by atoms with Crippen molar-refractivity contribution < 1.29 is 4.79 Å². The number of fused-ring (bicyclic) bond motifs is 1. The molecule has 58 valence electrons. The van der Waals surface area contributed by atoms with Crippen molar-refractivity contribution in [3.05, 3.63) is 18.0 Å². The van der Waals surface area contributed by atoms with E-state index < -0.39 is 0 Å². The highest BCUT2D eigenvalue weighted by molar-refractivity contribution is 5.73. The van der Waals surface area contributed by atoms with Gasteiger partial charge in [0.1, 0.15) is 0 Å². The molecule has 2 rings (SSSR count). The predicted octanol–water partition coefficient (Wildman–Crippen LogP) is 1.00. The van der Waals surface area contributed by atoms with Crippen LogP contribution in [-0.4, -0.2) is 11.0 Å². The summed E-state index contributed by atoms with van der Waals surface area (Å²) in [7, 11) is 0. The third-order valence-electron chi connectivity index (χ3n) is 2.11. The molecule has 1 N–H and O–H groups in total. The number of aryl methyl sites for hydroxylation is 1. The molecule has 1 aromatic heterocycles. The van der Waals surface area contributed by atoms with Crippen LogP contribution in [0.2, 0.25) is 0 Å². The van der Waals surface area contributed by atoms with E-state index in [1.165, 1.54) is 12.1 Å². The Morgan fingerprint density at radius 2 is 2.55 bits per heavy atom. The van der Waals surface area contributed by atoms with Crippen LogP contribution in [0.15, 0.2) is 12.3 Å². The van der Waals surface area contributed by atoms with Crippen LogP contribution in [0.4, 0.5) is 5.69 Å². The topological polar surface area (TPSA) is 34.0 Å². The van der Waals surface area contributed by atoms with E-state index in [1.54, 1.807) is 0 Å². The normalized spacial score (nSPS) is 14.5. The number of hydrogen-bond acceptors (Lipinski definition) is 1. The molecule has 0 aliphatic carbocycles. The maximum Gasteiger partial charge on any atom is 0.211 e. The van der Waals surface area contributed by atoms with Crippen molar-refractivity contribution in [2.45, 2.75) is 19.4 Å². The van der Waals surface area contributed by atoms with Crippen LogP contribution in [0.25, 0.3) is 0 Å². The van der Waals surface area contributed by atoms with Crippen LogP contribution in [-0.2, 0) is 17.8 Å². The van der Waals surface area contributed by atoms with Gasteiger partial charge in [-0.15, -0.1) is 0 Å². The van der Waals surface area contributed by atoms with Crippen molar-refractivity contribution in [1.29, 1.82) is 0 Å². The van der Waals surface area contributed by atoms with Crippen LogP contribution >= 0.6 is 0 Å². The molecular weight excluding hydrogens is 140 g/mol. The lowest BCUT2D eigenvalue weighted by Gasteiger charge is -1.97. The number of amides is 1. The standard InChI is InChI=1S/C8H10N2O/c11-6-9-7-3-5-10-4-1-2-8(7)10/h3,5-6H,1-2,4H2,(H,9,11). The Kier molecular flexibility index (Phi) is 1.42. The summed E-state index contributed by atoms with van der Waals surface area (Å²) in [5.74, 6) is 0. The summed E-state index contributed by atoms with van der Waals surface area (Å²) >= 11 is 0. The monoisotopic (exact) mass is 150 g/mol. The van der Waals surface area contributed by atoms with E-state index in [-0.39, 0.29) is 0 Å². The zero-order valence-corrected chi connectivity index (χ0v) is 6.21. The van der Waals surface area contributed by atoms with E-state index >= 15 is 0 Å². The Balaban J connectivity index is 2.34. The van der Waals surface area contributed by atoms with Gasteiger partial charge in [0.2, 0.25) is 6.41 Å². The van der Waals surface area contributed by atoms with Gasteiger partial charge in [0.15, 0.2) is 0 Å². The molecule has 1 aliphatic rings. The fourth-order valence-electron chi connectivity index (χ4n) is 1.60. The summed E-state index contributed by atoms with van der Waals surface area (Å²) in [6.07, 6.45) is 5.04. The van der Waals surface area contributed by atoms with Crippen LogP contribution in [0, 0.1) is 0 Å². The second-order valence-corrected chi connectivity index (χ2v) is 2.74. The van der Waals surface area contributed by atoms with Crippen molar-refractivity contribution in [3.8, 4) is 0 Å². The molecule has 0 atom stereocenters. The lowest BCUT2D eigenvalue weighted by atomic mass is 10.2. The van der Waals surface area contributed by atoms with Crippen LogP contribution < -0.4 is 5.32 Å². The average molecular weight is 150 g/mol. The van der Waals surface area contributed by atoms with Crippen molar-refractivity contribution in [3.63, 3.8) is 0 Å². The number of rotatable bonds is 2. The van der Waals surface area contributed by atoms with Crippen LogP contribution in [0.3, 0.4) is 0 Å². The number of hydrogen-bond donors (Lipinski definition) is 1. The highest BCUT2D eigenvalue weighted by Gasteiger charge is 2.13. The molecule has 0 spiro atoms. The first kappa shape index (κ1) is 6.46. The minimum Gasteiger partial charge on any atom is -0.350 e. The Hall–Kier alpha value is -1.25. The predicted molar refractivity (Wildman–Crippen MR) is 42.4 cm³/mol. The van der Waals surface area contributed by atoms with Gasteiger partial charge in [-0.3, -0.25) is 4.79 Å².